The summed E-state index contributed by atoms with van der Waals surface area (Å²) in [6.45, 7) is 4.14. The Labute approximate surface area is 105 Å². The Morgan fingerprint density at radius 3 is 2.94 bits per heavy atom. The van der Waals surface area contributed by atoms with Gasteiger partial charge < -0.3 is 4.74 Å². The summed E-state index contributed by atoms with van der Waals surface area (Å²) >= 11 is 0. The van der Waals surface area contributed by atoms with Gasteiger partial charge in [0.15, 0.2) is 0 Å². The van der Waals surface area contributed by atoms with Gasteiger partial charge in [-0.3, -0.25) is 10.1 Å². The van der Waals surface area contributed by atoms with Gasteiger partial charge in [0, 0.05) is 29.0 Å². The van der Waals surface area contributed by atoms with Crippen LogP contribution in [0.5, 0.6) is 5.75 Å². The molecule has 1 atom stereocenters. The van der Waals surface area contributed by atoms with Crippen LogP contribution in [0.3, 0.4) is 0 Å². The number of nitro benzene ring substituents is 1. The first kappa shape index (κ1) is 12.4. The lowest BCUT2D eigenvalue weighted by molar-refractivity contribution is -0.385. The summed E-state index contributed by atoms with van der Waals surface area (Å²) < 4.78 is 5.63. The topological polar surface area (TPSA) is 76.2 Å². The normalized spacial score (nSPS) is 21.6. The van der Waals surface area contributed by atoms with Crippen LogP contribution in [0.25, 0.3) is 0 Å². The highest BCUT2D eigenvalue weighted by atomic mass is 16.6. The number of fused-ring (bicyclic) bond motifs is 1. The lowest BCUT2D eigenvalue weighted by atomic mass is 9.79. The molecule has 0 bridgehead atoms. The van der Waals surface area contributed by atoms with Gasteiger partial charge in [-0.1, -0.05) is 6.92 Å². The zero-order valence-corrected chi connectivity index (χ0v) is 10.4. The number of aryl methyl sites for hydroxylation is 1. The number of hydrogen-bond donors (Lipinski definition) is 0. The van der Waals surface area contributed by atoms with E-state index in [2.05, 4.69) is 6.07 Å². The van der Waals surface area contributed by atoms with Crippen molar-refractivity contribution in [3.05, 3.63) is 33.4 Å². The molecule has 18 heavy (non-hydrogen) atoms. The second-order valence-corrected chi connectivity index (χ2v) is 5.11. The maximum atomic E-state index is 10.9. The van der Waals surface area contributed by atoms with E-state index in [9.17, 15) is 10.1 Å². The van der Waals surface area contributed by atoms with Crippen molar-refractivity contribution in [1.29, 1.82) is 5.26 Å². The zero-order chi connectivity index (χ0) is 13.3. The summed E-state index contributed by atoms with van der Waals surface area (Å²) in [4.78, 5) is 10.5. The summed E-state index contributed by atoms with van der Waals surface area (Å²) in [5, 5.41) is 19.7. The SMILES string of the molecule is Cc1cc2c(cc1[N+](=O)[O-])CC(C)(CC#N)CO2. The van der Waals surface area contributed by atoms with Crippen LogP contribution in [0, 0.1) is 33.8 Å². The zero-order valence-electron chi connectivity index (χ0n) is 10.4. The molecule has 0 aromatic heterocycles. The number of nitrogens with zero attached hydrogens (tertiary/aromatic N) is 2. The molecule has 5 heteroatoms. The Kier molecular flexibility index (Phi) is 2.95. The third-order valence-electron chi connectivity index (χ3n) is 3.27. The van der Waals surface area contributed by atoms with Crippen LogP contribution in [0.1, 0.15) is 24.5 Å². The molecule has 2 rings (SSSR count). The maximum Gasteiger partial charge on any atom is 0.272 e. The average molecular weight is 246 g/mol. The van der Waals surface area contributed by atoms with E-state index in [1.807, 2.05) is 6.92 Å². The smallest absolute Gasteiger partial charge is 0.272 e. The van der Waals surface area contributed by atoms with Crippen molar-refractivity contribution in [1.82, 2.24) is 0 Å². The standard InChI is InChI=1S/C13H14N2O3/c1-9-5-12-10(6-11(9)15(16)17)7-13(2,3-4-14)8-18-12/h5-6H,3,7-8H2,1-2H3. The number of rotatable bonds is 2. The van der Waals surface area contributed by atoms with Gasteiger partial charge in [0.1, 0.15) is 5.75 Å². The summed E-state index contributed by atoms with van der Waals surface area (Å²) in [6, 6.07) is 5.42. The van der Waals surface area contributed by atoms with Crippen molar-refractivity contribution in [3.63, 3.8) is 0 Å². The number of hydrogen-bond acceptors (Lipinski definition) is 4. The summed E-state index contributed by atoms with van der Waals surface area (Å²) in [5.74, 6) is 0.702. The van der Waals surface area contributed by atoms with Gasteiger partial charge in [-0.15, -0.1) is 0 Å². The van der Waals surface area contributed by atoms with Gasteiger partial charge in [0.25, 0.3) is 5.69 Å². The molecule has 0 saturated heterocycles. The summed E-state index contributed by atoms with van der Waals surface area (Å²) in [5.41, 5.74) is 1.27. The van der Waals surface area contributed by atoms with E-state index in [0.717, 1.165) is 5.56 Å². The van der Waals surface area contributed by atoms with Gasteiger partial charge in [-0.25, -0.2) is 0 Å². The molecule has 0 radical (unpaired) electrons. The molecular weight excluding hydrogens is 232 g/mol. The van der Waals surface area contributed by atoms with Crippen LogP contribution in [0.4, 0.5) is 5.69 Å². The van der Waals surface area contributed by atoms with Gasteiger partial charge in [-0.2, -0.15) is 5.26 Å². The molecule has 1 aromatic rings. The fourth-order valence-electron chi connectivity index (χ4n) is 2.25. The monoisotopic (exact) mass is 246 g/mol. The van der Waals surface area contributed by atoms with Crippen molar-refractivity contribution < 1.29 is 9.66 Å². The Balaban J connectivity index is 2.40. The van der Waals surface area contributed by atoms with E-state index in [1.165, 1.54) is 0 Å². The first-order valence-electron chi connectivity index (χ1n) is 5.73. The van der Waals surface area contributed by atoms with E-state index < -0.39 is 0 Å². The molecule has 0 fully saturated rings. The fraction of sp³-hybridized carbons (Fsp3) is 0.462. The molecule has 0 N–H and O–H groups in total. The summed E-state index contributed by atoms with van der Waals surface area (Å²) in [6.07, 6.45) is 1.02. The minimum Gasteiger partial charge on any atom is -0.493 e. The van der Waals surface area contributed by atoms with Crippen LogP contribution in [-0.2, 0) is 6.42 Å². The molecule has 0 saturated carbocycles. The molecule has 1 unspecified atom stereocenters. The first-order valence-corrected chi connectivity index (χ1v) is 5.73. The number of nitriles is 1. The minimum absolute atomic E-state index is 0.110. The largest absolute Gasteiger partial charge is 0.493 e. The number of benzene rings is 1. The predicted molar refractivity (Wildman–Crippen MR) is 65.4 cm³/mol. The number of ether oxygens (including phenoxy) is 1. The highest BCUT2D eigenvalue weighted by Gasteiger charge is 2.32. The second-order valence-electron chi connectivity index (χ2n) is 5.11. The molecule has 0 aliphatic carbocycles. The van der Waals surface area contributed by atoms with Gasteiger partial charge in [-0.05, 0) is 19.4 Å². The molecule has 94 valence electrons. The van der Waals surface area contributed by atoms with Crippen molar-refractivity contribution in [2.45, 2.75) is 26.7 Å². The van der Waals surface area contributed by atoms with E-state index in [1.54, 1.807) is 19.1 Å². The quantitative estimate of drug-likeness (QED) is 0.593. The third kappa shape index (κ3) is 2.14. The number of nitro groups is 1. The lowest BCUT2D eigenvalue weighted by Gasteiger charge is -2.33. The Hall–Kier alpha value is -2.09. The van der Waals surface area contributed by atoms with Gasteiger partial charge in [0.05, 0.1) is 17.6 Å². The second kappa shape index (κ2) is 4.30. The molecule has 1 aliphatic heterocycles. The predicted octanol–water partition coefficient (Wildman–Crippen LogP) is 2.76. The third-order valence-corrected chi connectivity index (χ3v) is 3.27. The average Bonchev–Trinajstić information content (AvgIpc) is 2.29. The summed E-state index contributed by atoms with van der Waals surface area (Å²) in [7, 11) is 0. The Morgan fingerprint density at radius 1 is 1.61 bits per heavy atom. The van der Waals surface area contributed by atoms with Gasteiger partial charge in [0.2, 0.25) is 0 Å². The van der Waals surface area contributed by atoms with Crippen LogP contribution in [-0.4, -0.2) is 11.5 Å². The molecule has 0 spiro atoms. The lowest BCUT2D eigenvalue weighted by Crippen LogP contribution is -2.31. The van der Waals surface area contributed by atoms with E-state index in [0.29, 0.717) is 30.8 Å². The van der Waals surface area contributed by atoms with Crippen molar-refractivity contribution >= 4 is 5.69 Å². The van der Waals surface area contributed by atoms with Crippen LogP contribution in [0.15, 0.2) is 12.1 Å². The highest BCUT2D eigenvalue weighted by molar-refractivity contribution is 5.51. The van der Waals surface area contributed by atoms with Crippen LogP contribution in [0.2, 0.25) is 0 Å². The fourth-order valence-corrected chi connectivity index (χ4v) is 2.25. The molecule has 0 amide bonds. The van der Waals surface area contributed by atoms with Crippen molar-refractivity contribution in [2.24, 2.45) is 5.41 Å². The Morgan fingerprint density at radius 2 is 2.33 bits per heavy atom. The van der Waals surface area contributed by atoms with E-state index >= 15 is 0 Å². The molecule has 5 nitrogen and oxygen atoms in total. The first-order chi connectivity index (χ1) is 8.45. The molecular formula is C13H14N2O3. The van der Waals surface area contributed by atoms with E-state index in [-0.39, 0.29) is 16.0 Å². The highest BCUT2D eigenvalue weighted by Crippen LogP contribution is 2.39. The van der Waals surface area contributed by atoms with Crippen molar-refractivity contribution in [3.8, 4) is 11.8 Å². The molecule has 1 aromatic carbocycles. The maximum absolute atomic E-state index is 10.9. The molecule has 1 heterocycles. The van der Waals surface area contributed by atoms with Crippen LogP contribution < -0.4 is 4.74 Å². The molecule has 1 aliphatic rings. The van der Waals surface area contributed by atoms with E-state index in [4.69, 9.17) is 10.00 Å². The van der Waals surface area contributed by atoms with Crippen LogP contribution >= 0.6 is 0 Å². The minimum atomic E-state index is -0.383. The Bertz CT molecular complexity index is 548. The van der Waals surface area contributed by atoms with Crippen molar-refractivity contribution in [2.75, 3.05) is 6.61 Å². The van der Waals surface area contributed by atoms with Gasteiger partial charge >= 0.3 is 0 Å².